The molecule has 2 N–H and O–H groups in total. The molecule has 1 amide bonds. The Morgan fingerprint density at radius 1 is 1.35 bits per heavy atom. The fraction of sp³-hybridized carbons (Fsp3) is 0.562. The van der Waals surface area contributed by atoms with Crippen molar-refractivity contribution in [1.29, 1.82) is 0 Å². The number of hydrogen-bond acceptors (Lipinski definition) is 2. The molecule has 1 aliphatic heterocycles. The average Bonchev–Trinajstić information content (AvgIpc) is 2.36. The third-order valence-corrected chi connectivity index (χ3v) is 4.61. The number of carbonyl (C=O) groups is 1. The molecule has 1 unspecified atom stereocenters. The Morgan fingerprint density at radius 3 is 2.70 bits per heavy atom. The predicted octanol–water partition coefficient (Wildman–Crippen LogP) is 1.94. The summed E-state index contributed by atoms with van der Waals surface area (Å²) in [5.74, 6) is 0.859. The van der Waals surface area contributed by atoms with Crippen molar-refractivity contribution in [2.24, 2.45) is 11.3 Å². The summed E-state index contributed by atoms with van der Waals surface area (Å²) in [7, 11) is 0. The highest BCUT2D eigenvalue weighted by molar-refractivity contribution is 5.85. The lowest BCUT2D eigenvalue weighted by molar-refractivity contribution is -0.131. The van der Waals surface area contributed by atoms with Crippen LogP contribution in [0, 0.1) is 11.3 Å². The first-order valence-electron chi connectivity index (χ1n) is 7.23. The highest BCUT2D eigenvalue weighted by Crippen LogP contribution is 2.35. The van der Waals surface area contributed by atoms with E-state index in [0.29, 0.717) is 5.92 Å². The predicted molar refractivity (Wildman–Crippen MR) is 83.2 cm³/mol. The zero-order chi connectivity index (χ0) is 13.3. The van der Waals surface area contributed by atoms with E-state index in [2.05, 4.69) is 41.8 Å². The summed E-state index contributed by atoms with van der Waals surface area (Å²) >= 11 is 0. The van der Waals surface area contributed by atoms with Gasteiger partial charge in [-0.1, -0.05) is 31.2 Å². The van der Waals surface area contributed by atoms with Crippen molar-refractivity contribution < 1.29 is 4.79 Å². The van der Waals surface area contributed by atoms with Gasteiger partial charge in [-0.25, -0.2) is 0 Å². The molecule has 1 fully saturated rings. The molecule has 0 radical (unpaired) electrons. The monoisotopic (exact) mass is 294 g/mol. The number of hydrogen-bond donors (Lipinski definition) is 2. The van der Waals surface area contributed by atoms with Gasteiger partial charge in [0.2, 0.25) is 5.91 Å². The summed E-state index contributed by atoms with van der Waals surface area (Å²) in [4.78, 5) is 12.4. The number of amides is 1. The lowest BCUT2D eigenvalue weighted by atomic mass is 9.72. The van der Waals surface area contributed by atoms with Gasteiger partial charge in [0.05, 0.1) is 5.41 Å². The molecule has 3 nitrogen and oxygen atoms in total. The Kier molecular flexibility index (Phi) is 4.71. The van der Waals surface area contributed by atoms with E-state index in [0.717, 1.165) is 38.9 Å². The summed E-state index contributed by atoms with van der Waals surface area (Å²) in [6, 6.07) is 8.51. The quantitative estimate of drug-likeness (QED) is 0.894. The van der Waals surface area contributed by atoms with E-state index in [4.69, 9.17) is 0 Å². The summed E-state index contributed by atoms with van der Waals surface area (Å²) < 4.78 is 0. The number of benzene rings is 1. The zero-order valence-electron chi connectivity index (χ0n) is 11.9. The molecule has 110 valence electrons. The second-order valence-electron chi connectivity index (χ2n) is 6.24. The van der Waals surface area contributed by atoms with Crippen molar-refractivity contribution in [1.82, 2.24) is 10.6 Å². The minimum Gasteiger partial charge on any atom is -0.355 e. The third-order valence-electron chi connectivity index (χ3n) is 4.61. The van der Waals surface area contributed by atoms with Crippen molar-refractivity contribution in [3.05, 3.63) is 35.4 Å². The molecule has 1 aliphatic carbocycles. The fourth-order valence-electron chi connectivity index (χ4n) is 3.03. The molecule has 1 aromatic carbocycles. The van der Waals surface area contributed by atoms with Crippen LogP contribution in [0.1, 0.15) is 24.5 Å². The standard InChI is InChI=1S/C16H22N2O.ClH/c1-16(15(19)18-11-12-9-17-10-12)7-6-13-4-2-3-5-14(13)8-16;/h2-5,12,17H,6-11H2,1H3,(H,18,19);1H. The lowest BCUT2D eigenvalue weighted by Gasteiger charge is -2.35. The van der Waals surface area contributed by atoms with Gasteiger partial charge in [0, 0.05) is 25.6 Å². The topological polar surface area (TPSA) is 41.1 Å². The van der Waals surface area contributed by atoms with Gasteiger partial charge in [-0.2, -0.15) is 0 Å². The molecule has 20 heavy (non-hydrogen) atoms. The van der Waals surface area contributed by atoms with Crippen molar-refractivity contribution in [3.8, 4) is 0 Å². The van der Waals surface area contributed by atoms with E-state index < -0.39 is 0 Å². The molecule has 1 atom stereocenters. The number of carbonyl (C=O) groups excluding carboxylic acids is 1. The first-order chi connectivity index (χ1) is 9.17. The van der Waals surface area contributed by atoms with Crippen LogP contribution in [-0.2, 0) is 17.6 Å². The number of aryl methyl sites for hydroxylation is 1. The van der Waals surface area contributed by atoms with Crippen LogP contribution in [0.25, 0.3) is 0 Å². The normalized spacial score (nSPS) is 25.1. The van der Waals surface area contributed by atoms with Crippen molar-refractivity contribution in [3.63, 3.8) is 0 Å². The number of halogens is 1. The highest BCUT2D eigenvalue weighted by atomic mass is 35.5. The van der Waals surface area contributed by atoms with Crippen molar-refractivity contribution in [2.75, 3.05) is 19.6 Å². The third kappa shape index (κ3) is 2.99. The van der Waals surface area contributed by atoms with Crippen LogP contribution in [0.5, 0.6) is 0 Å². The van der Waals surface area contributed by atoms with Crippen LogP contribution in [0.4, 0.5) is 0 Å². The smallest absolute Gasteiger partial charge is 0.226 e. The van der Waals surface area contributed by atoms with Crippen LogP contribution < -0.4 is 10.6 Å². The molecule has 0 bridgehead atoms. The van der Waals surface area contributed by atoms with E-state index in [1.54, 1.807) is 0 Å². The Labute approximate surface area is 126 Å². The molecule has 4 heteroatoms. The fourth-order valence-corrected chi connectivity index (χ4v) is 3.03. The van der Waals surface area contributed by atoms with Gasteiger partial charge < -0.3 is 10.6 Å². The maximum atomic E-state index is 12.4. The first-order valence-corrected chi connectivity index (χ1v) is 7.23. The van der Waals surface area contributed by atoms with Crippen molar-refractivity contribution in [2.45, 2.75) is 26.2 Å². The van der Waals surface area contributed by atoms with Gasteiger partial charge in [-0.15, -0.1) is 12.4 Å². The SMILES string of the molecule is CC1(C(=O)NCC2CNC2)CCc2ccccc2C1.Cl. The lowest BCUT2D eigenvalue weighted by Crippen LogP contribution is -2.51. The number of nitrogens with one attached hydrogen (secondary N) is 2. The molecule has 2 aliphatic rings. The van der Waals surface area contributed by atoms with E-state index in [-0.39, 0.29) is 23.7 Å². The summed E-state index contributed by atoms with van der Waals surface area (Å²) in [5.41, 5.74) is 2.53. The Balaban J connectivity index is 0.00000147. The zero-order valence-corrected chi connectivity index (χ0v) is 12.8. The Hall–Kier alpha value is -1.06. The molecule has 1 saturated heterocycles. The summed E-state index contributed by atoms with van der Waals surface area (Å²) in [5, 5.41) is 6.38. The minimum absolute atomic E-state index is 0. The largest absolute Gasteiger partial charge is 0.355 e. The molecular weight excluding hydrogens is 272 g/mol. The summed E-state index contributed by atoms with van der Waals surface area (Å²) in [6.07, 6.45) is 2.85. The van der Waals surface area contributed by atoms with Crippen molar-refractivity contribution >= 4 is 18.3 Å². The molecule has 3 rings (SSSR count). The summed E-state index contributed by atoms with van der Waals surface area (Å²) in [6.45, 7) is 5.01. The van der Waals surface area contributed by atoms with Gasteiger partial charge in [0.15, 0.2) is 0 Å². The van der Waals surface area contributed by atoms with Gasteiger partial charge in [0.25, 0.3) is 0 Å². The second-order valence-corrected chi connectivity index (χ2v) is 6.24. The highest BCUT2D eigenvalue weighted by Gasteiger charge is 2.36. The Morgan fingerprint density at radius 2 is 2.05 bits per heavy atom. The van der Waals surface area contributed by atoms with E-state index in [1.165, 1.54) is 11.1 Å². The maximum absolute atomic E-state index is 12.4. The van der Waals surface area contributed by atoms with Crippen LogP contribution in [0.3, 0.4) is 0 Å². The molecule has 0 spiro atoms. The molecule has 1 heterocycles. The molecule has 1 aromatic rings. The van der Waals surface area contributed by atoms with E-state index in [9.17, 15) is 4.79 Å². The molecule has 0 saturated carbocycles. The van der Waals surface area contributed by atoms with Gasteiger partial charge >= 0.3 is 0 Å². The van der Waals surface area contributed by atoms with Gasteiger partial charge in [-0.3, -0.25) is 4.79 Å². The number of fused-ring (bicyclic) bond motifs is 1. The molecule has 0 aromatic heterocycles. The van der Waals surface area contributed by atoms with Gasteiger partial charge in [-0.05, 0) is 30.4 Å². The van der Waals surface area contributed by atoms with E-state index in [1.807, 2.05) is 0 Å². The first kappa shape index (κ1) is 15.3. The Bertz CT molecular complexity index is 487. The number of rotatable bonds is 3. The van der Waals surface area contributed by atoms with Crippen LogP contribution in [0.2, 0.25) is 0 Å². The minimum atomic E-state index is -0.231. The second kappa shape index (κ2) is 6.15. The average molecular weight is 295 g/mol. The van der Waals surface area contributed by atoms with Crippen LogP contribution in [0.15, 0.2) is 24.3 Å². The molecular formula is C16H23ClN2O. The van der Waals surface area contributed by atoms with Gasteiger partial charge in [0.1, 0.15) is 0 Å². The van der Waals surface area contributed by atoms with E-state index >= 15 is 0 Å². The van der Waals surface area contributed by atoms with Crippen LogP contribution in [-0.4, -0.2) is 25.5 Å². The van der Waals surface area contributed by atoms with Crippen LogP contribution >= 0.6 is 12.4 Å². The maximum Gasteiger partial charge on any atom is 0.226 e.